The van der Waals surface area contributed by atoms with Gasteiger partial charge in [0, 0.05) is 41.2 Å². The van der Waals surface area contributed by atoms with Crippen LogP contribution in [0.4, 0.5) is 0 Å². The molecule has 1 aliphatic rings. The van der Waals surface area contributed by atoms with Crippen LogP contribution in [0, 0.1) is 5.92 Å². The third-order valence-electron chi connectivity index (χ3n) is 2.77. The molecule has 0 aromatic heterocycles. The van der Waals surface area contributed by atoms with Crippen molar-refractivity contribution < 1.29 is 14.3 Å². The van der Waals surface area contributed by atoms with E-state index < -0.39 is 0 Å². The Morgan fingerprint density at radius 2 is 1.93 bits per heavy atom. The van der Waals surface area contributed by atoms with Gasteiger partial charge in [-0.25, -0.2) is 0 Å². The Morgan fingerprint density at radius 3 is 2.33 bits per heavy atom. The number of methoxy groups -OCH3 is 1. The summed E-state index contributed by atoms with van der Waals surface area (Å²) in [4.78, 5) is 26.2. The molecule has 15 heavy (non-hydrogen) atoms. The Hall–Kier alpha value is -1.10. The average Bonchev–Trinajstić information content (AvgIpc) is 2.59. The van der Waals surface area contributed by atoms with Crippen molar-refractivity contribution in [2.45, 2.75) is 13.0 Å². The van der Waals surface area contributed by atoms with Crippen LogP contribution in [0.1, 0.15) is 6.92 Å². The minimum atomic E-state index is -0.228. The van der Waals surface area contributed by atoms with Crippen LogP contribution in [-0.4, -0.2) is 62.0 Å². The van der Waals surface area contributed by atoms with E-state index in [1.807, 2.05) is 0 Å². The van der Waals surface area contributed by atoms with E-state index in [1.54, 1.807) is 31.0 Å². The third-order valence-corrected chi connectivity index (χ3v) is 2.77. The molecular formula is C10H18N2O3. The molecule has 1 heterocycles. The zero-order chi connectivity index (χ0) is 11.6. The number of amides is 2. The van der Waals surface area contributed by atoms with E-state index in [2.05, 4.69) is 0 Å². The summed E-state index contributed by atoms with van der Waals surface area (Å²) in [6, 6.07) is 0. The standard InChI is InChI=1S/C10H18N2O3/c1-7(13)12-5-8(9(6-12)15-4)10(14)11(2)3/h8-9H,5-6H2,1-4H3. The number of likely N-dealkylation sites (tertiary alicyclic amines) is 1. The van der Waals surface area contributed by atoms with Gasteiger partial charge in [-0.2, -0.15) is 0 Å². The van der Waals surface area contributed by atoms with Gasteiger partial charge < -0.3 is 14.5 Å². The Labute approximate surface area is 90.0 Å². The molecule has 1 saturated heterocycles. The van der Waals surface area contributed by atoms with E-state index in [-0.39, 0.29) is 23.8 Å². The van der Waals surface area contributed by atoms with E-state index in [0.717, 1.165) is 0 Å². The van der Waals surface area contributed by atoms with Gasteiger partial charge >= 0.3 is 0 Å². The van der Waals surface area contributed by atoms with Crippen LogP contribution in [0.15, 0.2) is 0 Å². The molecule has 2 atom stereocenters. The maximum absolute atomic E-state index is 11.8. The first-order valence-electron chi connectivity index (χ1n) is 4.96. The lowest BCUT2D eigenvalue weighted by atomic mass is 10.1. The molecule has 0 aliphatic carbocycles. The number of carbonyl (C=O) groups excluding carboxylic acids is 2. The van der Waals surface area contributed by atoms with Crippen molar-refractivity contribution in [2.75, 3.05) is 34.3 Å². The van der Waals surface area contributed by atoms with Crippen molar-refractivity contribution in [1.29, 1.82) is 0 Å². The highest BCUT2D eigenvalue weighted by molar-refractivity contribution is 5.81. The minimum Gasteiger partial charge on any atom is -0.379 e. The van der Waals surface area contributed by atoms with Crippen LogP contribution in [0.25, 0.3) is 0 Å². The van der Waals surface area contributed by atoms with Crippen LogP contribution in [-0.2, 0) is 14.3 Å². The predicted octanol–water partition coefficient (Wildman–Crippen LogP) is -0.432. The molecule has 86 valence electrons. The smallest absolute Gasteiger partial charge is 0.229 e. The van der Waals surface area contributed by atoms with E-state index in [0.29, 0.717) is 13.1 Å². The summed E-state index contributed by atoms with van der Waals surface area (Å²) in [5.41, 5.74) is 0. The maximum Gasteiger partial charge on any atom is 0.229 e. The number of nitrogens with zero attached hydrogens (tertiary/aromatic N) is 2. The van der Waals surface area contributed by atoms with Gasteiger partial charge in [0.1, 0.15) is 0 Å². The molecule has 1 fully saturated rings. The molecule has 2 unspecified atom stereocenters. The number of carbonyl (C=O) groups is 2. The molecular weight excluding hydrogens is 196 g/mol. The minimum absolute atomic E-state index is 0.00824. The van der Waals surface area contributed by atoms with Crippen molar-refractivity contribution in [2.24, 2.45) is 5.92 Å². The van der Waals surface area contributed by atoms with Crippen LogP contribution >= 0.6 is 0 Å². The third kappa shape index (κ3) is 2.47. The zero-order valence-corrected chi connectivity index (χ0v) is 9.69. The molecule has 0 saturated carbocycles. The highest BCUT2D eigenvalue weighted by Gasteiger charge is 2.39. The molecule has 0 spiro atoms. The first kappa shape index (κ1) is 12.0. The van der Waals surface area contributed by atoms with Gasteiger partial charge in [-0.05, 0) is 0 Å². The van der Waals surface area contributed by atoms with Crippen molar-refractivity contribution in [1.82, 2.24) is 9.80 Å². The van der Waals surface area contributed by atoms with Gasteiger partial charge in [0.2, 0.25) is 11.8 Å². The summed E-state index contributed by atoms with van der Waals surface area (Å²) in [6.45, 7) is 2.48. The summed E-state index contributed by atoms with van der Waals surface area (Å²) in [5.74, 6) is -0.217. The summed E-state index contributed by atoms with van der Waals surface area (Å²) < 4.78 is 5.23. The summed E-state index contributed by atoms with van der Waals surface area (Å²) in [6.07, 6.45) is -0.177. The summed E-state index contributed by atoms with van der Waals surface area (Å²) in [7, 11) is 5.00. The van der Waals surface area contributed by atoms with E-state index >= 15 is 0 Å². The molecule has 5 heteroatoms. The maximum atomic E-state index is 11.8. The fourth-order valence-corrected chi connectivity index (χ4v) is 1.84. The molecule has 0 bridgehead atoms. The van der Waals surface area contributed by atoms with Crippen LogP contribution in [0.3, 0.4) is 0 Å². The van der Waals surface area contributed by atoms with Crippen molar-refractivity contribution in [3.05, 3.63) is 0 Å². The fraction of sp³-hybridized carbons (Fsp3) is 0.800. The second kappa shape index (κ2) is 4.61. The van der Waals surface area contributed by atoms with Crippen molar-refractivity contribution in [3.63, 3.8) is 0 Å². The first-order chi connectivity index (χ1) is 6.97. The second-order valence-corrected chi connectivity index (χ2v) is 4.04. The highest BCUT2D eigenvalue weighted by Crippen LogP contribution is 2.21. The van der Waals surface area contributed by atoms with Gasteiger partial charge in [0.25, 0.3) is 0 Å². The molecule has 0 N–H and O–H groups in total. The Morgan fingerprint density at radius 1 is 1.33 bits per heavy atom. The summed E-state index contributed by atoms with van der Waals surface area (Å²) >= 11 is 0. The van der Waals surface area contributed by atoms with Gasteiger partial charge in [-0.1, -0.05) is 0 Å². The predicted molar refractivity (Wildman–Crippen MR) is 55.2 cm³/mol. The Balaban J connectivity index is 2.72. The molecule has 0 aromatic carbocycles. The topological polar surface area (TPSA) is 49.9 Å². The van der Waals surface area contributed by atoms with Gasteiger partial charge in [0.05, 0.1) is 12.0 Å². The largest absolute Gasteiger partial charge is 0.379 e. The molecule has 0 radical (unpaired) electrons. The average molecular weight is 214 g/mol. The quantitative estimate of drug-likeness (QED) is 0.626. The second-order valence-electron chi connectivity index (χ2n) is 4.04. The lowest BCUT2D eigenvalue weighted by molar-refractivity contribution is -0.135. The molecule has 5 nitrogen and oxygen atoms in total. The van der Waals surface area contributed by atoms with E-state index in [4.69, 9.17) is 4.74 Å². The van der Waals surface area contributed by atoms with Gasteiger partial charge in [-0.15, -0.1) is 0 Å². The van der Waals surface area contributed by atoms with Crippen LogP contribution < -0.4 is 0 Å². The van der Waals surface area contributed by atoms with Gasteiger partial charge in [0.15, 0.2) is 0 Å². The molecule has 1 rings (SSSR count). The highest BCUT2D eigenvalue weighted by atomic mass is 16.5. The van der Waals surface area contributed by atoms with E-state index in [9.17, 15) is 9.59 Å². The summed E-state index contributed by atoms with van der Waals surface area (Å²) in [5, 5.41) is 0. The first-order valence-corrected chi connectivity index (χ1v) is 4.96. The molecule has 0 aromatic rings. The van der Waals surface area contributed by atoms with Crippen molar-refractivity contribution in [3.8, 4) is 0 Å². The monoisotopic (exact) mass is 214 g/mol. The normalized spacial score (nSPS) is 25.5. The Kier molecular flexibility index (Phi) is 3.68. The number of ether oxygens (including phenoxy) is 1. The fourth-order valence-electron chi connectivity index (χ4n) is 1.84. The molecule has 2 amide bonds. The number of hydrogen-bond acceptors (Lipinski definition) is 3. The van der Waals surface area contributed by atoms with Gasteiger partial charge in [-0.3, -0.25) is 9.59 Å². The lowest BCUT2D eigenvalue weighted by Gasteiger charge is -2.19. The van der Waals surface area contributed by atoms with Crippen molar-refractivity contribution >= 4 is 11.8 Å². The number of hydrogen-bond donors (Lipinski definition) is 0. The SMILES string of the molecule is COC1CN(C(C)=O)CC1C(=O)N(C)C. The zero-order valence-electron chi connectivity index (χ0n) is 9.69. The van der Waals surface area contributed by atoms with E-state index in [1.165, 1.54) is 6.92 Å². The van der Waals surface area contributed by atoms with Crippen LogP contribution in [0.2, 0.25) is 0 Å². The Bertz CT molecular complexity index is 265. The molecule has 1 aliphatic heterocycles. The number of rotatable bonds is 2. The lowest BCUT2D eigenvalue weighted by Crippen LogP contribution is -2.37. The van der Waals surface area contributed by atoms with Crippen LogP contribution in [0.5, 0.6) is 0 Å².